The van der Waals surface area contributed by atoms with E-state index in [1.165, 1.54) is 23.4 Å². The lowest BCUT2D eigenvalue weighted by Crippen LogP contribution is -2.56. The molecule has 0 radical (unpaired) electrons. The lowest BCUT2D eigenvalue weighted by atomic mass is 9.85. The van der Waals surface area contributed by atoms with Gasteiger partial charge in [-0.05, 0) is 54.2 Å². The summed E-state index contributed by atoms with van der Waals surface area (Å²) in [5, 5.41) is 5.22. The lowest BCUT2D eigenvalue weighted by Gasteiger charge is -2.43. The number of para-hydroxylation sites is 1. The number of ether oxygens (including phenoxy) is 1. The Morgan fingerprint density at radius 1 is 1.00 bits per heavy atom. The Balaban J connectivity index is 1.28. The number of fused-ring (bicyclic) bond motifs is 1. The maximum absolute atomic E-state index is 14.1. The van der Waals surface area contributed by atoms with Gasteiger partial charge in [-0.3, -0.25) is 19.5 Å². The third-order valence-electron chi connectivity index (χ3n) is 8.64. The molecule has 0 aliphatic carbocycles. The molecule has 2 aliphatic rings. The average molecular weight is 600 g/mol. The van der Waals surface area contributed by atoms with Gasteiger partial charge in [-0.25, -0.2) is 4.79 Å². The molecule has 0 saturated carbocycles. The van der Waals surface area contributed by atoms with Crippen molar-refractivity contribution in [2.45, 2.75) is 43.8 Å². The number of rotatable bonds is 11. The number of carbonyl (C=O) groups is 3. The van der Waals surface area contributed by atoms with Crippen LogP contribution in [0.2, 0.25) is 0 Å². The van der Waals surface area contributed by atoms with Crippen molar-refractivity contribution < 1.29 is 19.1 Å². The van der Waals surface area contributed by atoms with Crippen molar-refractivity contribution in [1.29, 1.82) is 0 Å². The van der Waals surface area contributed by atoms with Crippen LogP contribution in [0.4, 0.5) is 5.69 Å². The Hall–Kier alpha value is -4.64. The number of methoxy groups -OCH3 is 1. The smallest absolute Gasteiger partial charge is 0.328 e. The van der Waals surface area contributed by atoms with Crippen molar-refractivity contribution >= 4 is 40.2 Å². The zero-order chi connectivity index (χ0) is 31.1. The highest BCUT2D eigenvalue weighted by molar-refractivity contribution is 5.96. The summed E-state index contributed by atoms with van der Waals surface area (Å²) in [4.78, 5) is 49.8. The molecule has 11 nitrogen and oxygen atoms in total. The zero-order valence-corrected chi connectivity index (χ0v) is 25.2. The van der Waals surface area contributed by atoms with Crippen LogP contribution in [-0.4, -0.2) is 85.1 Å². The van der Waals surface area contributed by atoms with E-state index in [1.54, 1.807) is 4.90 Å². The molecule has 2 amide bonds. The Morgan fingerprint density at radius 2 is 1.70 bits per heavy atom. The highest BCUT2D eigenvalue weighted by atomic mass is 16.5. The molecule has 5 N–H and O–H groups in total. The van der Waals surface area contributed by atoms with E-state index in [9.17, 15) is 14.4 Å². The maximum atomic E-state index is 14.1. The summed E-state index contributed by atoms with van der Waals surface area (Å²) in [6.07, 6.45) is 2.05. The van der Waals surface area contributed by atoms with Gasteiger partial charge in [-0.15, -0.1) is 0 Å². The van der Waals surface area contributed by atoms with Gasteiger partial charge in [0.1, 0.15) is 18.1 Å². The second kappa shape index (κ2) is 13.8. The third-order valence-corrected chi connectivity index (χ3v) is 8.64. The molecule has 0 bridgehead atoms. The topological polar surface area (TPSA) is 147 Å². The standard InChI is InChI=1S/C33H41N7O4/c1-44-30(42)28(15-8-18-36-32(34)35)37-29(41)22-39-23-40(26-12-3-2-4-13-26)33(31(39)43)16-19-38(20-17-33)21-25-11-7-10-24-9-5-6-14-27(24)25/h2-7,9-14,28H,8,15-23H2,1H3,(H,37,41)(H4,34,35,36)/t28-/m0/s1. The first kappa shape index (κ1) is 30.8. The van der Waals surface area contributed by atoms with E-state index in [0.717, 1.165) is 25.3 Å². The van der Waals surface area contributed by atoms with E-state index in [4.69, 9.17) is 16.2 Å². The summed E-state index contributed by atoms with van der Waals surface area (Å²) in [6.45, 7) is 2.75. The molecule has 232 valence electrons. The van der Waals surface area contributed by atoms with Crippen LogP contribution in [0, 0.1) is 0 Å². The fourth-order valence-electron chi connectivity index (χ4n) is 6.38. The van der Waals surface area contributed by atoms with Gasteiger partial charge < -0.3 is 31.3 Å². The van der Waals surface area contributed by atoms with Crippen LogP contribution in [-0.2, 0) is 25.7 Å². The molecule has 2 saturated heterocycles. The number of guanidine groups is 1. The molecule has 1 atom stereocenters. The molecule has 3 aromatic rings. The Bertz CT molecular complexity index is 1500. The number of carbonyl (C=O) groups excluding carboxylic acids is 3. The van der Waals surface area contributed by atoms with Crippen LogP contribution >= 0.6 is 0 Å². The average Bonchev–Trinajstić information content (AvgIpc) is 3.29. The first-order valence-corrected chi connectivity index (χ1v) is 15.0. The number of amides is 2. The summed E-state index contributed by atoms with van der Waals surface area (Å²) >= 11 is 0. The first-order chi connectivity index (χ1) is 21.3. The number of hydrogen-bond donors (Lipinski definition) is 3. The molecule has 2 aliphatic heterocycles. The lowest BCUT2D eigenvalue weighted by molar-refractivity contribution is -0.145. The first-order valence-electron chi connectivity index (χ1n) is 15.0. The van der Waals surface area contributed by atoms with Crippen molar-refractivity contribution in [2.75, 3.05) is 44.9 Å². The van der Waals surface area contributed by atoms with E-state index in [1.807, 2.05) is 30.3 Å². The molecule has 2 fully saturated rings. The predicted octanol–water partition coefficient (Wildman–Crippen LogP) is 2.19. The number of anilines is 1. The summed E-state index contributed by atoms with van der Waals surface area (Å²) < 4.78 is 4.89. The fraction of sp³-hybridized carbons (Fsp3) is 0.394. The van der Waals surface area contributed by atoms with Gasteiger partial charge in [-0.1, -0.05) is 60.7 Å². The summed E-state index contributed by atoms with van der Waals surface area (Å²) in [7, 11) is 1.27. The van der Waals surface area contributed by atoms with Gasteiger partial charge in [-0.2, -0.15) is 0 Å². The molecule has 0 unspecified atom stereocenters. The van der Waals surface area contributed by atoms with Crippen molar-refractivity contribution in [3.05, 3.63) is 78.4 Å². The largest absolute Gasteiger partial charge is 0.467 e. The number of piperidine rings is 1. The summed E-state index contributed by atoms with van der Waals surface area (Å²) in [6, 6.07) is 23.8. The van der Waals surface area contributed by atoms with E-state index in [2.05, 4.69) is 62.6 Å². The SMILES string of the molecule is COC(=O)[C@H](CCCN=C(N)N)NC(=O)CN1CN(c2ccccc2)C2(CCN(Cc3cccc4ccccc34)CC2)C1=O. The Morgan fingerprint density at radius 3 is 2.43 bits per heavy atom. The Kier molecular flexibility index (Phi) is 9.64. The van der Waals surface area contributed by atoms with Gasteiger partial charge in [0.25, 0.3) is 0 Å². The number of hydrogen-bond acceptors (Lipinski definition) is 7. The number of nitrogens with zero attached hydrogens (tertiary/aromatic N) is 4. The quantitative estimate of drug-likeness (QED) is 0.132. The molecule has 5 rings (SSSR count). The highest BCUT2D eigenvalue weighted by Gasteiger charge is 2.54. The van der Waals surface area contributed by atoms with Crippen LogP contribution in [0.3, 0.4) is 0 Å². The highest BCUT2D eigenvalue weighted by Crippen LogP contribution is 2.40. The van der Waals surface area contributed by atoms with E-state index in [-0.39, 0.29) is 25.1 Å². The molecular weight excluding hydrogens is 558 g/mol. The van der Waals surface area contributed by atoms with Gasteiger partial charge in [0, 0.05) is 31.9 Å². The van der Waals surface area contributed by atoms with Crippen LogP contribution in [0.25, 0.3) is 10.8 Å². The van der Waals surface area contributed by atoms with E-state index in [0.29, 0.717) is 32.2 Å². The number of benzene rings is 3. The van der Waals surface area contributed by atoms with Crippen molar-refractivity contribution in [1.82, 2.24) is 15.1 Å². The molecular formula is C33H41N7O4. The monoisotopic (exact) mass is 599 g/mol. The van der Waals surface area contributed by atoms with Crippen LogP contribution in [0.1, 0.15) is 31.2 Å². The number of likely N-dealkylation sites (tertiary alicyclic amines) is 1. The summed E-state index contributed by atoms with van der Waals surface area (Å²) in [5.74, 6) is -1.08. The number of aliphatic imine (C=N–C) groups is 1. The van der Waals surface area contributed by atoms with Gasteiger partial charge in [0.15, 0.2) is 5.96 Å². The zero-order valence-electron chi connectivity index (χ0n) is 25.2. The van der Waals surface area contributed by atoms with Crippen LogP contribution in [0.5, 0.6) is 0 Å². The normalized spacial score (nSPS) is 17.1. The van der Waals surface area contributed by atoms with E-state index >= 15 is 0 Å². The molecule has 2 heterocycles. The van der Waals surface area contributed by atoms with Crippen LogP contribution in [0.15, 0.2) is 77.8 Å². The Labute approximate surface area is 257 Å². The van der Waals surface area contributed by atoms with Gasteiger partial charge in [0.05, 0.1) is 13.8 Å². The maximum Gasteiger partial charge on any atom is 0.328 e. The van der Waals surface area contributed by atoms with Crippen molar-refractivity contribution in [3.8, 4) is 0 Å². The van der Waals surface area contributed by atoms with Crippen molar-refractivity contribution in [3.63, 3.8) is 0 Å². The molecule has 1 spiro atoms. The fourth-order valence-corrected chi connectivity index (χ4v) is 6.38. The molecule has 3 aromatic carbocycles. The second-order valence-electron chi connectivity index (χ2n) is 11.4. The molecule has 0 aromatic heterocycles. The predicted molar refractivity (Wildman–Crippen MR) is 171 cm³/mol. The van der Waals surface area contributed by atoms with Gasteiger partial charge >= 0.3 is 5.97 Å². The number of nitrogens with two attached hydrogens (primary N) is 2. The molecule has 44 heavy (non-hydrogen) atoms. The minimum Gasteiger partial charge on any atom is -0.467 e. The number of esters is 1. The third kappa shape index (κ3) is 6.78. The van der Waals surface area contributed by atoms with Gasteiger partial charge in [0.2, 0.25) is 11.8 Å². The second-order valence-corrected chi connectivity index (χ2v) is 11.4. The molecule has 11 heteroatoms. The van der Waals surface area contributed by atoms with Crippen molar-refractivity contribution in [2.24, 2.45) is 16.5 Å². The minimum absolute atomic E-state index is 0.0347. The van der Waals surface area contributed by atoms with Crippen LogP contribution < -0.4 is 21.7 Å². The number of nitrogens with one attached hydrogen (secondary N) is 1. The minimum atomic E-state index is -0.865. The van der Waals surface area contributed by atoms with E-state index < -0.39 is 23.5 Å². The summed E-state index contributed by atoms with van der Waals surface area (Å²) in [5.41, 5.74) is 12.2.